The molecule has 7 heteroatoms. The molecule has 2 fully saturated rings. The molecule has 2 heterocycles. The third kappa shape index (κ3) is 5.27. The first-order valence-electron chi connectivity index (χ1n) is 13.9. The van der Waals surface area contributed by atoms with Crippen LogP contribution in [0.1, 0.15) is 57.1 Å². The lowest BCUT2D eigenvalue weighted by Crippen LogP contribution is -2.34. The van der Waals surface area contributed by atoms with Gasteiger partial charge in [-0.05, 0) is 89.1 Å². The van der Waals surface area contributed by atoms with E-state index in [1.54, 1.807) is 7.11 Å². The predicted molar refractivity (Wildman–Crippen MR) is 160 cm³/mol. The summed E-state index contributed by atoms with van der Waals surface area (Å²) in [4.78, 5) is 28.0. The van der Waals surface area contributed by atoms with Crippen molar-refractivity contribution < 1.29 is 24.2 Å². The molecule has 39 heavy (non-hydrogen) atoms. The van der Waals surface area contributed by atoms with E-state index in [4.69, 9.17) is 9.47 Å². The number of amides is 2. The molecule has 6 nitrogen and oxygen atoms in total. The lowest BCUT2D eigenvalue weighted by molar-refractivity contribution is -0.140. The zero-order valence-corrected chi connectivity index (χ0v) is 24.9. The van der Waals surface area contributed by atoms with Gasteiger partial charge in [-0.3, -0.25) is 14.5 Å². The summed E-state index contributed by atoms with van der Waals surface area (Å²) >= 11 is 2.12. The Morgan fingerprint density at radius 3 is 2.62 bits per heavy atom. The van der Waals surface area contributed by atoms with E-state index in [2.05, 4.69) is 47.7 Å². The van der Waals surface area contributed by atoms with Crippen molar-refractivity contribution in [1.29, 1.82) is 0 Å². The maximum Gasteiger partial charge on any atom is 0.233 e. The van der Waals surface area contributed by atoms with Gasteiger partial charge in [0.15, 0.2) is 11.5 Å². The van der Waals surface area contributed by atoms with Crippen LogP contribution in [0.5, 0.6) is 11.5 Å². The van der Waals surface area contributed by atoms with Crippen LogP contribution >= 0.6 is 22.6 Å². The summed E-state index contributed by atoms with van der Waals surface area (Å²) in [5.41, 5.74) is 5.82. The molecule has 5 rings (SSSR count). The number of halogens is 1. The van der Waals surface area contributed by atoms with Crippen molar-refractivity contribution in [2.45, 2.75) is 52.1 Å². The first kappa shape index (κ1) is 27.9. The molecule has 0 unspecified atom stereocenters. The van der Waals surface area contributed by atoms with Crippen LogP contribution in [0.25, 0.3) is 11.6 Å². The lowest BCUT2D eigenvalue weighted by Gasteiger charge is -2.31. The van der Waals surface area contributed by atoms with Crippen LogP contribution in [0.3, 0.4) is 0 Å². The number of hydrogen-bond acceptors (Lipinski definition) is 5. The molecule has 1 N–H and O–H groups in total. The van der Waals surface area contributed by atoms with Gasteiger partial charge in [0.2, 0.25) is 11.8 Å². The lowest BCUT2D eigenvalue weighted by atomic mass is 9.69. The predicted octanol–water partition coefficient (Wildman–Crippen LogP) is 6.46. The standard InChI is InChI=1S/C32H36INO5/c1-4-13-34-31(36)23-17-20(5-2)28-24(29(23)32(34)37)18-39-26(28)12-11-22(21-9-7-6-8-10-21)14-19-15-25(33)30(35)27(16-19)38-3/h6-10,14-16,23-24,26,29,35H,4-5,11-13,17-18H2,1-3H3/b22-14-/t23-,24+,26-,29-/m1/s1. The summed E-state index contributed by atoms with van der Waals surface area (Å²) in [5, 5.41) is 10.3. The summed E-state index contributed by atoms with van der Waals surface area (Å²) in [6.45, 7) is 5.16. The number of ether oxygens (including phenoxy) is 2. The zero-order valence-electron chi connectivity index (χ0n) is 22.8. The van der Waals surface area contributed by atoms with Gasteiger partial charge in [0.25, 0.3) is 0 Å². The molecule has 0 radical (unpaired) electrons. The first-order valence-corrected chi connectivity index (χ1v) is 15.0. The number of imide groups is 1. The van der Waals surface area contributed by atoms with Crippen LogP contribution in [0, 0.1) is 21.3 Å². The number of benzene rings is 2. The van der Waals surface area contributed by atoms with Crippen molar-refractivity contribution >= 4 is 46.1 Å². The highest BCUT2D eigenvalue weighted by molar-refractivity contribution is 14.1. The molecule has 0 bridgehead atoms. The number of allylic oxidation sites excluding steroid dienone is 2. The topological polar surface area (TPSA) is 76.1 Å². The first-order chi connectivity index (χ1) is 18.9. The van der Waals surface area contributed by atoms with E-state index in [0.29, 0.717) is 25.3 Å². The maximum atomic E-state index is 13.3. The number of carbonyl (C=O) groups is 2. The Kier molecular flexibility index (Phi) is 8.47. The van der Waals surface area contributed by atoms with Gasteiger partial charge < -0.3 is 14.6 Å². The van der Waals surface area contributed by atoms with Gasteiger partial charge in [0, 0.05) is 12.5 Å². The molecule has 0 spiro atoms. The molecule has 3 aliphatic rings. The molecule has 2 aromatic carbocycles. The molecule has 2 aromatic rings. The van der Waals surface area contributed by atoms with Crippen molar-refractivity contribution in [3.63, 3.8) is 0 Å². The summed E-state index contributed by atoms with van der Waals surface area (Å²) < 4.78 is 12.5. The highest BCUT2D eigenvalue weighted by Gasteiger charge is 2.56. The fraction of sp³-hybridized carbons (Fsp3) is 0.438. The second-order valence-corrected chi connectivity index (χ2v) is 11.8. The molecule has 0 aromatic heterocycles. The Balaban J connectivity index is 1.42. The second kappa shape index (κ2) is 11.8. The molecule has 2 aliphatic heterocycles. The number of aromatic hydroxyl groups is 1. The van der Waals surface area contributed by atoms with E-state index in [1.807, 2.05) is 37.3 Å². The minimum Gasteiger partial charge on any atom is -0.504 e. The molecule has 206 valence electrons. The zero-order chi connectivity index (χ0) is 27.7. The van der Waals surface area contributed by atoms with E-state index < -0.39 is 0 Å². The Morgan fingerprint density at radius 2 is 1.92 bits per heavy atom. The number of rotatable bonds is 9. The van der Waals surface area contributed by atoms with E-state index in [0.717, 1.165) is 40.4 Å². The van der Waals surface area contributed by atoms with E-state index in [1.165, 1.54) is 21.6 Å². The fourth-order valence-corrected chi connectivity index (χ4v) is 7.22. The van der Waals surface area contributed by atoms with Crippen molar-refractivity contribution in [2.75, 3.05) is 20.3 Å². The fourth-order valence-electron chi connectivity index (χ4n) is 6.59. The summed E-state index contributed by atoms with van der Waals surface area (Å²) in [7, 11) is 1.56. The minimum absolute atomic E-state index is 0.00509. The minimum atomic E-state index is -0.282. The highest BCUT2D eigenvalue weighted by atomic mass is 127. The third-order valence-electron chi connectivity index (χ3n) is 8.41. The SMILES string of the molecule is CCCN1C(=O)[C@@H]2[C@@H](CC(CC)=C3[C@@H](CC/C(=C/c4cc(I)c(O)c(OC)c4)c4ccccc4)OC[C@@H]32)C1=O. The van der Waals surface area contributed by atoms with Crippen molar-refractivity contribution in [3.8, 4) is 11.5 Å². The monoisotopic (exact) mass is 641 g/mol. The summed E-state index contributed by atoms with van der Waals surface area (Å²) in [5.74, 6) is 0.0768. The van der Waals surface area contributed by atoms with Crippen molar-refractivity contribution in [1.82, 2.24) is 4.90 Å². The summed E-state index contributed by atoms with van der Waals surface area (Å²) in [6.07, 6.45) is 5.99. The van der Waals surface area contributed by atoms with Crippen LogP contribution in [0.2, 0.25) is 0 Å². The molecular formula is C32H36INO5. The largest absolute Gasteiger partial charge is 0.504 e. The van der Waals surface area contributed by atoms with Gasteiger partial charge in [-0.15, -0.1) is 0 Å². The van der Waals surface area contributed by atoms with Gasteiger partial charge >= 0.3 is 0 Å². The van der Waals surface area contributed by atoms with Crippen LogP contribution in [-0.4, -0.2) is 48.2 Å². The molecule has 4 atom stereocenters. The third-order valence-corrected chi connectivity index (χ3v) is 9.23. The van der Waals surface area contributed by atoms with Gasteiger partial charge in [-0.25, -0.2) is 0 Å². The molecule has 0 saturated carbocycles. The van der Waals surface area contributed by atoms with Gasteiger partial charge in [-0.2, -0.15) is 0 Å². The van der Waals surface area contributed by atoms with Gasteiger partial charge in [0.1, 0.15) is 0 Å². The Hall–Kier alpha value is -2.65. The summed E-state index contributed by atoms with van der Waals surface area (Å²) in [6, 6.07) is 14.1. The average molecular weight is 642 g/mol. The van der Waals surface area contributed by atoms with Crippen LogP contribution in [0.4, 0.5) is 0 Å². The number of nitrogens with zero attached hydrogens (tertiary/aromatic N) is 1. The van der Waals surface area contributed by atoms with Crippen LogP contribution in [0.15, 0.2) is 53.6 Å². The smallest absolute Gasteiger partial charge is 0.233 e. The number of fused-ring (bicyclic) bond motifs is 3. The maximum absolute atomic E-state index is 13.3. The Morgan fingerprint density at radius 1 is 1.15 bits per heavy atom. The van der Waals surface area contributed by atoms with Crippen molar-refractivity contribution in [2.24, 2.45) is 17.8 Å². The van der Waals surface area contributed by atoms with Gasteiger partial charge in [0.05, 0.1) is 35.2 Å². The van der Waals surface area contributed by atoms with E-state index in [-0.39, 0.29) is 41.4 Å². The number of phenolic OH excluding ortho intramolecular Hbond substituents is 1. The number of likely N-dealkylation sites (tertiary alicyclic amines) is 1. The Labute approximate surface area is 244 Å². The number of carbonyl (C=O) groups excluding carboxylic acids is 2. The van der Waals surface area contributed by atoms with Crippen LogP contribution < -0.4 is 4.74 Å². The van der Waals surface area contributed by atoms with Crippen molar-refractivity contribution in [3.05, 3.63) is 68.3 Å². The normalized spacial score (nSPS) is 24.8. The molecule has 1 aliphatic carbocycles. The highest BCUT2D eigenvalue weighted by Crippen LogP contribution is 2.50. The molecular weight excluding hydrogens is 605 g/mol. The van der Waals surface area contributed by atoms with E-state index >= 15 is 0 Å². The number of hydrogen-bond donors (Lipinski definition) is 1. The van der Waals surface area contributed by atoms with Gasteiger partial charge in [-0.1, -0.05) is 55.8 Å². The average Bonchev–Trinajstić information content (AvgIpc) is 3.47. The number of phenols is 1. The quantitative estimate of drug-likeness (QED) is 0.147. The van der Waals surface area contributed by atoms with E-state index in [9.17, 15) is 14.7 Å². The van der Waals surface area contributed by atoms with Crippen LogP contribution in [-0.2, 0) is 14.3 Å². The Bertz CT molecular complexity index is 1320. The second-order valence-electron chi connectivity index (χ2n) is 10.6. The number of methoxy groups -OCH3 is 1. The molecule has 2 amide bonds. The molecule has 2 saturated heterocycles.